The van der Waals surface area contributed by atoms with Gasteiger partial charge in [-0.3, -0.25) is 0 Å². The van der Waals surface area contributed by atoms with Crippen molar-refractivity contribution in [2.24, 2.45) is 0 Å². The summed E-state index contributed by atoms with van der Waals surface area (Å²) in [6, 6.07) is 138. The van der Waals surface area contributed by atoms with Gasteiger partial charge in [0.25, 0.3) is 0 Å². The zero-order chi connectivity index (χ0) is 102. The molecule has 0 aliphatic carbocycles. The molecule has 0 saturated carbocycles. The van der Waals surface area contributed by atoms with Gasteiger partial charge in [-0.25, -0.2) is 19.9 Å². The van der Waals surface area contributed by atoms with Gasteiger partial charge < -0.3 is 37.1 Å². The Bertz CT molecular complexity index is 9790. The molecule has 0 amide bonds. The second kappa shape index (κ2) is 37.8. The van der Waals surface area contributed by atoms with Crippen molar-refractivity contribution < 1.29 is 27.9 Å². The molecule has 14 nitrogen and oxygen atoms in total. The molecule has 0 bridgehead atoms. The van der Waals surface area contributed by atoms with Crippen LogP contribution in [0.5, 0.6) is 0 Å². The van der Waals surface area contributed by atoms with E-state index in [1.54, 1.807) is 11.3 Å². The van der Waals surface area contributed by atoms with Crippen LogP contribution in [0.25, 0.3) is 226 Å². The molecule has 730 valence electrons. The van der Waals surface area contributed by atoms with Gasteiger partial charge in [-0.15, -0.1) is 34.0 Å². The summed E-state index contributed by atoms with van der Waals surface area (Å²) in [5.74, 6) is 3.09. The Morgan fingerprint density at radius 3 is 0.967 bits per heavy atom. The van der Waals surface area contributed by atoms with Gasteiger partial charge in [0.15, 0.2) is 29.1 Å². The summed E-state index contributed by atoms with van der Waals surface area (Å²) < 4.78 is 48.7. The number of fused-ring (bicyclic) bond motifs is 23. The van der Waals surface area contributed by atoms with Crippen LogP contribution >= 0.6 is 57.2 Å². The van der Waals surface area contributed by atoms with Crippen LogP contribution in [0, 0.1) is 0 Å². The lowest BCUT2D eigenvalue weighted by Crippen LogP contribution is -2.41. The Labute approximate surface area is 891 Å². The number of benzene rings is 19. The van der Waals surface area contributed by atoms with Crippen LogP contribution in [-0.2, 0) is 27.9 Å². The van der Waals surface area contributed by atoms with E-state index in [1.165, 1.54) is 104 Å². The highest BCUT2D eigenvalue weighted by Gasteiger charge is 2.64. The third kappa shape index (κ3) is 17.0. The number of aromatic nitrogens is 8. The summed E-state index contributed by atoms with van der Waals surface area (Å²) in [5.41, 5.74) is 10.6. The Morgan fingerprint density at radius 1 is 0.220 bits per heavy atom. The van der Waals surface area contributed by atoms with Crippen LogP contribution in [0.2, 0.25) is 10.3 Å². The average Bonchev–Trinajstić information content (AvgIpc) is 1.59. The predicted molar refractivity (Wildman–Crippen MR) is 632 cm³/mol. The second-order valence-corrected chi connectivity index (χ2v) is 45.4. The molecule has 0 atom stereocenters. The van der Waals surface area contributed by atoms with E-state index in [4.69, 9.17) is 71.1 Å². The summed E-state index contributed by atoms with van der Waals surface area (Å²) in [6.07, 6.45) is 0. The molecule has 3 fully saturated rings. The van der Waals surface area contributed by atoms with Crippen molar-refractivity contribution in [3.63, 3.8) is 0 Å². The SMILES string of the molecule is CC1(C)OB(B2OC(C)(C)C(C)(C)O2)OC1(C)C.CC1(C)OB(c2cccc3c2sc2c4ccccc4ccc32)OC1(C)C.Clc1cccc2c1sc1c3ccccc3ccc21.Clc1nc(-c2ccc3c(c2)c2ccccc2n3-c2ccccc2)nc(-c2cccc3ccccc23)n1.c1ccc(-n2c3ccccc3c3cc(-c4nc(-c5cccc6ccccc56)nc(-c5cccc6c5sc5c7ccccc7ccc65)n4)ccc32)cc1. The monoisotopic (exact) mass is 2040 g/mol. The van der Waals surface area contributed by atoms with Crippen LogP contribution in [0.4, 0.5) is 0 Å². The summed E-state index contributed by atoms with van der Waals surface area (Å²) in [6.45, 7) is 24.6. The van der Waals surface area contributed by atoms with Gasteiger partial charge in [-0.1, -0.05) is 321 Å². The second-order valence-electron chi connectivity index (χ2n) is 41.6. The molecule has 3 aliphatic heterocycles. The highest BCUT2D eigenvalue weighted by atomic mass is 35.5. The Hall–Kier alpha value is -14.7. The first-order chi connectivity index (χ1) is 72.6. The minimum absolute atomic E-state index is 0.176. The van der Waals surface area contributed by atoms with Gasteiger partial charge in [0.2, 0.25) is 5.28 Å². The maximum absolute atomic E-state index is 6.43. The summed E-state index contributed by atoms with van der Waals surface area (Å²) in [4.78, 5) is 29.6. The molecular formula is C128H101B3Cl2N8O6S3. The third-order valence-electron chi connectivity index (χ3n) is 30.9. The lowest BCUT2D eigenvalue weighted by atomic mass is 9.49. The predicted octanol–water partition coefficient (Wildman–Crippen LogP) is 34.4. The Balaban J connectivity index is 0.000000103. The molecule has 3 aliphatic rings. The number of rotatable bonds is 9. The number of nitrogens with zero attached hydrogens (tertiary/aromatic N) is 8. The number of hydrogen-bond donors (Lipinski definition) is 0. The number of thiophene rings is 3. The fourth-order valence-corrected chi connectivity index (χ4v) is 25.4. The van der Waals surface area contributed by atoms with Crippen molar-refractivity contribution in [2.75, 3.05) is 0 Å². The molecule has 0 unspecified atom stereocenters. The van der Waals surface area contributed by atoms with E-state index in [-0.39, 0.29) is 46.0 Å². The molecule has 7 aromatic heterocycles. The van der Waals surface area contributed by atoms with Gasteiger partial charge in [-0.2, -0.15) is 9.97 Å². The van der Waals surface area contributed by atoms with Crippen molar-refractivity contribution in [2.45, 2.75) is 117 Å². The Kier molecular flexibility index (Phi) is 24.2. The normalized spacial score (nSPS) is 15.4. The first kappa shape index (κ1) is 96.2. The zero-order valence-corrected chi connectivity index (χ0v) is 88.7. The lowest BCUT2D eigenvalue weighted by molar-refractivity contribution is 0.00578. The molecular weight excluding hydrogens is 1950 g/mol. The third-order valence-corrected chi connectivity index (χ3v) is 35.3. The molecule has 29 rings (SSSR count). The fourth-order valence-electron chi connectivity index (χ4n) is 21.0. The van der Waals surface area contributed by atoms with Crippen LogP contribution in [0.15, 0.2) is 394 Å². The molecule has 19 aromatic carbocycles. The van der Waals surface area contributed by atoms with Crippen LogP contribution in [0.3, 0.4) is 0 Å². The summed E-state index contributed by atoms with van der Waals surface area (Å²) >= 11 is 18.2. The molecule has 0 N–H and O–H groups in total. The van der Waals surface area contributed by atoms with Crippen molar-refractivity contribution in [3.8, 4) is 68.3 Å². The maximum Gasteiger partial charge on any atom is 0.496 e. The van der Waals surface area contributed by atoms with Gasteiger partial charge in [0.1, 0.15) is 0 Å². The maximum atomic E-state index is 6.43. The fraction of sp³-hybridized carbons (Fsp3) is 0.141. The van der Waals surface area contributed by atoms with Crippen molar-refractivity contribution >= 4 is 242 Å². The first-order valence-corrected chi connectivity index (χ1v) is 53.9. The highest BCUT2D eigenvalue weighted by molar-refractivity contribution is 7.28. The van der Waals surface area contributed by atoms with Gasteiger partial charge in [0, 0.05) is 117 Å². The standard InChI is InChI=1S/C47H28N4S.C31H19ClN4.C22H21BO2S.C16H9ClS.C12H24B2O4/c1-2-15-32(16-3-1)51-41-23-9-8-19-35(41)40-28-31(25-27-42(40)51)45-48-46(38-21-10-14-29-12-4-6-17-33(29)38)50-47(49-45)39-22-11-20-36-37-26-24-30-13-5-7-18-34(30)43(37)52-44(36)39;32-31-34-29(33-30(35-31)25-15-8-10-20-9-4-5-13-23(20)25)21-17-18-28-26(19-21)24-14-6-7-16-27(24)36(28)22-11-2-1-3-12-22;1-21(2)22(3,4)25-23(24-21)18-11-7-10-16-17-13-12-14-8-5-6-9-15(14)19(17)26-20(16)18;17-14-7-3-6-12-13-9-8-10-4-1-2-5-11(10)15(13)18-16(12)14;1-9(2)10(3,4)16-13(15-9)14-17-11(5,6)12(7,8)18-14/h1-28H;1-19H;5-13H,1-4H3;1-9H;1-8H3. The first-order valence-electron chi connectivity index (χ1n) is 50.7. The molecule has 3 saturated heterocycles. The molecule has 26 aromatic rings. The minimum atomic E-state index is -0.476. The van der Waals surface area contributed by atoms with E-state index < -0.39 is 14.0 Å². The smallest absolute Gasteiger partial charge is 0.405 e. The minimum Gasteiger partial charge on any atom is -0.405 e. The number of para-hydroxylation sites is 4. The summed E-state index contributed by atoms with van der Waals surface area (Å²) in [7, 11) is -1.28. The van der Waals surface area contributed by atoms with Gasteiger partial charge >= 0.3 is 21.1 Å². The topological polar surface area (TPSA) is 143 Å². The van der Waals surface area contributed by atoms with Crippen molar-refractivity contribution in [1.29, 1.82) is 0 Å². The molecule has 0 spiro atoms. The molecule has 22 heteroatoms. The largest absolute Gasteiger partial charge is 0.496 e. The van der Waals surface area contributed by atoms with Crippen LogP contribution in [0.1, 0.15) is 83.1 Å². The van der Waals surface area contributed by atoms with E-state index in [0.717, 1.165) is 104 Å². The quantitative estimate of drug-likeness (QED) is 0.127. The molecule has 10 heterocycles. The summed E-state index contributed by atoms with van der Waals surface area (Å²) in [5, 5.41) is 25.5. The highest BCUT2D eigenvalue weighted by Crippen LogP contribution is 2.50. The van der Waals surface area contributed by atoms with Gasteiger partial charge in [-0.05, 0) is 239 Å². The number of hydrogen-bond acceptors (Lipinski definition) is 15. The van der Waals surface area contributed by atoms with Gasteiger partial charge in [0.05, 0.1) is 65.4 Å². The van der Waals surface area contributed by atoms with Crippen molar-refractivity contribution in [1.82, 2.24) is 39.0 Å². The molecule has 150 heavy (non-hydrogen) atoms. The van der Waals surface area contributed by atoms with Crippen molar-refractivity contribution in [3.05, 3.63) is 405 Å². The average molecular weight is 2050 g/mol. The van der Waals surface area contributed by atoms with Crippen LogP contribution in [-0.4, -0.2) is 93.8 Å². The van der Waals surface area contributed by atoms with E-state index in [9.17, 15) is 0 Å². The van der Waals surface area contributed by atoms with Crippen LogP contribution < -0.4 is 5.46 Å². The van der Waals surface area contributed by atoms with E-state index in [2.05, 4.69) is 399 Å². The van der Waals surface area contributed by atoms with E-state index in [1.807, 2.05) is 121 Å². The van der Waals surface area contributed by atoms with E-state index in [0.29, 0.717) is 29.1 Å². The van der Waals surface area contributed by atoms with E-state index >= 15 is 0 Å². The lowest BCUT2D eigenvalue weighted by Gasteiger charge is -2.32. The zero-order valence-electron chi connectivity index (χ0n) is 84.8. The number of halogens is 2. The Morgan fingerprint density at radius 2 is 0.513 bits per heavy atom. The molecule has 0 radical (unpaired) electrons.